The van der Waals surface area contributed by atoms with Gasteiger partial charge in [-0.05, 0) is 350 Å². The summed E-state index contributed by atoms with van der Waals surface area (Å²) in [5, 5.41) is 58.5. The third kappa shape index (κ3) is 21.2. The standard InChI is InChI=1S/C41H77N5O4.C40H75N5O4/c1-7-28(2)38(39(49)50-6)46-36(48)15-12-29(3)32-13-14-33-37-34(17-19-41(32,33)5)40(4)18-16-31(26-30(40)27-35(37)47)45-25-11-24-44-22-9-8-21-43-23-10-20-42;1-27(2)37(38(48)49)45(6)36(47)16-11-28(3)32-14-15-33-31-13-12-29-25-30(17-18-39(29,4)34(31)26-35(46)40(32,33)5)44-24-10-23-43-21-8-7-20-42-22-9-19-41/h28-35,37-38,43-45,47H,7-27,42H2,1-6H3,(H,46,48);27-35,37,42-44,46H,7-26,41H2,1-6H3,(H,48,49)/t28-,29-,30+,31+,32-,33?,34?,35-,37?,38+,40+,41-;28-,29-,30+,31?,32-,33?,34?,35+,37-,39+,40-/m11/s1. The summed E-state index contributed by atoms with van der Waals surface area (Å²) in [7, 11) is 3.02. The molecule has 0 saturated heterocycles. The van der Waals surface area contributed by atoms with Crippen molar-refractivity contribution in [3.05, 3.63) is 0 Å². The second-order valence-electron chi connectivity index (χ2n) is 35.3. The molecule has 8 saturated carbocycles. The normalized spacial score (nSPS) is 35.3. The fourth-order valence-corrected chi connectivity index (χ4v) is 23.1. The number of carboxylic acid groups (broad SMARTS) is 1. The molecule has 18 heteroatoms. The van der Waals surface area contributed by atoms with Crippen LogP contribution in [0.15, 0.2) is 0 Å². The van der Waals surface area contributed by atoms with Crippen LogP contribution in [0.5, 0.6) is 0 Å². The van der Waals surface area contributed by atoms with Gasteiger partial charge in [0, 0.05) is 32.0 Å². The number of ether oxygens (including phenoxy) is 1. The van der Waals surface area contributed by atoms with Crippen molar-refractivity contribution < 1.29 is 39.2 Å². The maximum absolute atomic E-state index is 13.1. The van der Waals surface area contributed by atoms with Gasteiger partial charge in [0.2, 0.25) is 11.8 Å². The third-order valence-corrected chi connectivity index (χ3v) is 29.3. The Bertz CT molecular complexity index is 2410. The van der Waals surface area contributed by atoms with Gasteiger partial charge in [0.15, 0.2) is 0 Å². The van der Waals surface area contributed by atoms with Crippen LogP contribution >= 0.6 is 0 Å². The molecule has 6 unspecified atom stereocenters. The molecule has 2 amide bonds. The second kappa shape index (κ2) is 40.3. The summed E-state index contributed by atoms with van der Waals surface area (Å²) in [5.41, 5.74) is 11.9. The summed E-state index contributed by atoms with van der Waals surface area (Å²) >= 11 is 0. The first-order chi connectivity index (χ1) is 47.3. The maximum atomic E-state index is 13.1. The summed E-state index contributed by atoms with van der Waals surface area (Å²) in [6.45, 7) is 34.7. The van der Waals surface area contributed by atoms with E-state index in [0.717, 1.165) is 142 Å². The molecular weight excluding hydrogens is 1240 g/mol. The van der Waals surface area contributed by atoms with E-state index in [1.165, 1.54) is 128 Å². The van der Waals surface area contributed by atoms with Crippen LogP contribution in [0.3, 0.4) is 0 Å². The first kappa shape index (κ1) is 83.7. The summed E-state index contributed by atoms with van der Waals surface area (Å²) in [6.07, 6.45) is 31.3. The first-order valence-electron chi connectivity index (χ1n) is 41.3. The summed E-state index contributed by atoms with van der Waals surface area (Å²) in [4.78, 5) is 51.6. The molecule has 0 aromatic rings. The van der Waals surface area contributed by atoms with E-state index in [1.807, 2.05) is 27.7 Å². The van der Waals surface area contributed by atoms with E-state index in [1.54, 1.807) is 7.05 Å². The number of likely N-dealkylation sites (N-methyl/N-ethyl adjacent to an activating group) is 1. The summed E-state index contributed by atoms with van der Waals surface area (Å²) in [6, 6.07) is -0.175. The lowest BCUT2D eigenvalue weighted by Crippen LogP contribution is -2.59. The number of esters is 1. The van der Waals surface area contributed by atoms with Gasteiger partial charge in [-0.2, -0.15) is 0 Å². The van der Waals surface area contributed by atoms with Gasteiger partial charge in [0.1, 0.15) is 12.1 Å². The second-order valence-corrected chi connectivity index (χ2v) is 35.3. The van der Waals surface area contributed by atoms with E-state index in [4.69, 9.17) is 16.2 Å². The Labute approximate surface area is 602 Å². The number of fused-ring (bicyclic) bond motifs is 10. The minimum atomic E-state index is -0.939. The SMILES string of the molecule is CC(C)[C@H](C(=O)O)N(C)C(=O)CC[C@@H](C)[C@H]1CCC2C3CC[C@@H]4C[C@@H](NCCCNCCCCNCCCN)CC[C@]4(C)C3C[C@H](O)[C@@]21C.CC[C@@H](C)[C@H](NC(=O)CC[C@@H](C)[C@H]1CCC2C3C(CC[C@@]21C)[C@@]1(C)CC[C@H](NCCCNCCCCNCCCN)C[C@H]1C[C@H]3O)C(=O)OC. The highest BCUT2D eigenvalue weighted by Crippen LogP contribution is 2.70. The number of aliphatic hydroxyl groups is 2. The summed E-state index contributed by atoms with van der Waals surface area (Å²) in [5.74, 6) is 4.98. The van der Waals surface area contributed by atoms with Crippen molar-refractivity contribution in [2.75, 3.05) is 92.7 Å². The quantitative estimate of drug-likeness (QED) is 0.0200. The molecule has 0 bridgehead atoms. The van der Waals surface area contributed by atoms with Crippen molar-refractivity contribution >= 4 is 23.8 Å². The number of methoxy groups -OCH3 is 1. The topological polar surface area (TPSA) is 278 Å². The molecular formula is C81H152N10O8. The van der Waals surface area contributed by atoms with Gasteiger partial charge in [-0.25, -0.2) is 9.59 Å². The highest BCUT2D eigenvalue weighted by Gasteiger charge is 2.65. The lowest BCUT2D eigenvalue weighted by Gasteiger charge is -2.62. The number of nitrogens with one attached hydrogen (secondary N) is 7. The van der Waals surface area contributed by atoms with E-state index in [9.17, 15) is 34.5 Å². The van der Waals surface area contributed by atoms with Gasteiger partial charge in [-0.1, -0.05) is 75.7 Å². The van der Waals surface area contributed by atoms with Gasteiger partial charge in [-0.3, -0.25) is 9.59 Å². The molecule has 8 fully saturated rings. The average Bonchev–Trinajstić information content (AvgIpc) is 1.71. The van der Waals surface area contributed by atoms with E-state index in [0.29, 0.717) is 101 Å². The van der Waals surface area contributed by atoms with Gasteiger partial charge in [0.05, 0.1) is 19.3 Å². The number of carboxylic acids is 1. The fraction of sp³-hybridized carbons (Fsp3) is 0.951. The third-order valence-electron chi connectivity index (χ3n) is 29.3. The number of nitrogens with two attached hydrogens (primary N) is 2. The Hall–Kier alpha value is -2.52. The number of carbonyl (C=O) groups excluding carboxylic acids is 3. The number of hydrogen-bond acceptors (Lipinski definition) is 15. The number of aliphatic hydroxyl groups excluding tert-OH is 2. The van der Waals surface area contributed by atoms with Crippen molar-refractivity contribution in [2.45, 2.75) is 292 Å². The average molecular weight is 1390 g/mol. The molecule has 0 aromatic heterocycles. The zero-order valence-corrected chi connectivity index (χ0v) is 65.0. The van der Waals surface area contributed by atoms with Crippen LogP contribution in [0.2, 0.25) is 0 Å². The van der Waals surface area contributed by atoms with Gasteiger partial charge in [0.25, 0.3) is 0 Å². The highest BCUT2D eigenvalue weighted by atomic mass is 16.5. The van der Waals surface area contributed by atoms with Gasteiger partial charge in [-0.15, -0.1) is 0 Å². The Balaban J connectivity index is 0.000000278. The lowest BCUT2D eigenvalue weighted by atomic mass is 9.43. The van der Waals surface area contributed by atoms with E-state index >= 15 is 0 Å². The molecule has 99 heavy (non-hydrogen) atoms. The van der Waals surface area contributed by atoms with Crippen molar-refractivity contribution in [3.8, 4) is 0 Å². The Kier molecular flexibility index (Phi) is 34.1. The fourth-order valence-electron chi connectivity index (χ4n) is 23.1. The van der Waals surface area contributed by atoms with E-state index < -0.39 is 18.1 Å². The largest absolute Gasteiger partial charge is 0.480 e. The summed E-state index contributed by atoms with van der Waals surface area (Å²) < 4.78 is 4.98. The number of amides is 2. The number of nitrogens with zero attached hydrogens (tertiary/aromatic N) is 1. The van der Waals surface area contributed by atoms with Gasteiger partial charge < -0.3 is 73.6 Å². The molecule has 0 aliphatic heterocycles. The predicted molar refractivity (Wildman–Crippen MR) is 403 cm³/mol. The van der Waals surface area contributed by atoms with Crippen molar-refractivity contribution in [2.24, 2.45) is 116 Å². The van der Waals surface area contributed by atoms with Crippen molar-refractivity contribution in [3.63, 3.8) is 0 Å². The van der Waals surface area contributed by atoms with Crippen LogP contribution in [0.4, 0.5) is 0 Å². The molecule has 574 valence electrons. The molecule has 18 nitrogen and oxygen atoms in total. The van der Waals surface area contributed by atoms with Crippen LogP contribution in [0, 0.1) is 105 Å². The van der Waals surface area contributed by atoms with Crippen LogP contribution in [0.25, 0.3) is 0 Å². The zero-order chi connectivity index (χ0) is 72.1. The number of hydrogen-bond donors (Lipinski definition) is 12. The van der Waals surface area contributed by atoms with Crippen LogP contribution in [0.1, 0.15) is 255 Å². The smallest absolute Gasteiger partial charge is 0.328 e. The predicted octanol–water partition coefficient (Wildman–Crippen LogP) is 10.6. The Morgan fingerprint density at radius 3 is 1.60 bits per heavy atom. The zero-order valence-electron chi connectivity index (χ0n) is 65.0. The number of unbranched alkanes of at least 4 members (excludes halogenated alkanes) is 2. The molecule has 8 rings (SSSR count). The van der Waals surface area contributed by atoms with E-state index in [2.05, 4.69) is 78.8 Å². The van der Waals surface area contributed by atoms with Crippen LogP contribution in [-0.2, 0) is 23.9 Å². The molecule has 14 N–H and O–H groups in total. The minimum absolute atomic E-state index is 0.0379. The Morgan fingerprint density at radius 1 is 0.556 bits per heavy atom. The molecule has 8 aliphatic rings. The lowest BCUT2D eigenvalue weighted by molar-refractivity contribution is -0.170. The molecule has 0 radical (unpaired) electrons. The van der Waals surface area contributed by atoms with Crippen LogP contribution < -0.4 is 48.7 Å². The number of carbonyl (C=O) groups is 4. The molecule has 8 aliphatic carbocycles. The maximum Gasteiger partial charge on any atom is 0.328 e. The number of rotatable bonds is 41. The highest BCUT2D eigenvalue weighted by molar-refractivity contribution is 5.85. The van der Waals surface area contributed by atoms with Crippen molar-refractivity contribution in [1.29, 1.82) is 0 Å². The van der Waals surface area contributed by atoms with Crippen molar-refractivity contribution in [1.82, 2.24) is 42.1 Å². The van der Waals surface area contributed by atoms with Gasteiger partial charge >= 0.3 is 11.9 Å². The molecule has 0 heterocycles. The monoisotopic (exact) mass is 1390 g/mol. The molecule has 23 atom stereocenters. The van der Waals surface area contributed by atoms with E-state index in [-0.39, 0.29) is 52.7 Å². The first-order valence-corrected chi connectivity index (χ1v) is 41.3. The molecule has 0 aromatic carbocycles. The van der Waals surface area contributed by atoms with Crippen LogP contribution in [-0.4, -0.2) is 173 Å². The molecule has 0 spiro atoms. The minimum Gasteiger partial charge on any atom is -0.480 e. The Morgan fingerprint density at radius 2 is 1.05 bits per heavy atom. The number of aliphatic carboxylic acids is 1.